The molecule has 0 aliphatic rings. The second kappa shape index (κ2) is 9.51. The quantitative estimate of drug-likeness (QED) is 0.590. The normalized spacial score (nSPS) is 10.2. The van der Waals surface area contributed by atoms with Gasteiger partial charge in [0.15, 0.2) is 11.5 Å². The van der Waals surface area contributed by atoms with Crippen molar-refractivity contribution in [3.63, 3.8) is 0 Å². The number of furan rings is 1. The van der Waals surface area contributed by atoms with E-state index in [1.165, 1.54) is 21.3 Å². The third kappa shape index (κ3) is 4.72. The van der Waals surface area contributed by atoms with E-state index in [2.05, 4.69) is 10.6 Å². The van der Waals surface area contributed by atoms with Gasteiger partial charge in [0, 0.05) is 16.8 Å². The molecule has 0 radical (unpaired) electrons. The van der Waals surface area contributed by atoms with Crippen molar-refractivity contribution in [1.29, 1.82) is 0 Å². The molecule has 1 heterocycles. The van der Waals surface area contributed by atoms with Gasteiger partial charge in [-0.2, -0.15) is 0 Å². The van der Waals surface area contributed by atoms with Gasteiger partial charge in [0.05, 0.1) is 34.1 Å². The Morgan fingerprint density at radius 3 is 2.07 bits per heavy atom. The fourth-order valence-electron chi connectivity index (χ4n) is 2.80. The van der Waals surface area contributed by atoms with Gasteiger partial charge in [-0.15, -0.1) is 0 Å². The van der Waals surface area contributed by atoms with Gasteiger partial charge in [-0.25, -0.2) is 0 Å². The van der Waals surface area contributed by atoms with Crippen LogP contribution in [0.1, 0.15) is 26.5 Å². The van der Waals surface area contributed by atoms with Gasteiger partial charge in [0.25, 0.3) is 11.8 Å². The molecule has 0 atom stereocenters. The van der Waals surface area contributed by atoms with E-state index in [-0.39, 0.29) is 11.8 Å². The van der Waals surface area contributed by atoms with Crippen molar-refractivity contribution in [2.75, 3.05) is 26.6 Å². The molecule has 8 nitrogen and oxygen atoms in total. The minimum atomic E-state index is -0.357. The van der Waals surface area contributed by atoms with Crippen LogP contribution in [0.3, 0.4) is 0 Å². The van der Waals surface area contributed by atoms with Gasteiger partial charge < -0.3 is 29.3 Å². The Morgan fingerprint density at radius 2 is 1.53 bits per heavy atom. The van der Waals surface area contributed by atoms with Crippen molar-refractivity contribution in [2.24, 2.45) is 0 Å². The molecule has 30 heavy (non-hydrogen) atoms. The van der Waals surface area contributed by atoms with Crippen molar-refractivity contribution in [3.8, 4) is 17.2 Å². The highest BCUT2D eigenvalue weighted by atomic mass is 16.5. The van der Waals surface area contributed by atoms with Crippen molar-refractivity contribution in [2.45, 2.75) is 6.54 Å². The Balaban J connectivity index is 1.67. The van der Waals surface area contributed by atoms with Crippen LogP contribution in [0.25, 0.3) is 0 Å². The second-order valence-corrected chi connectivity index (χ2v) is 6.21. The molecule has 3 aromatic rings. The smallest absolute Gasteiger partial charge is 0.255 e. The number of amides is 2. The molecule has 8 heteroatoms. The molecule has 0 aliphatic heterocycles. The van der Waals surface area contributed by atoms with Crippen molar-refractivity contribution < 1.29 is 28.2 Å². The largest absolute Gasteiger partial charge is 0.493 e. The van der Waals surface area contributed by atoms with Crippen LogP contribution in [0.5, 0.6) is 17.2 Å². The number of ether oxygens (including phenoxy) is 3. The number of anilines is 1. The summed E-state index contributed by atoms with van der Waals surface area (Å²) < 4.78 is 21.0. The summed E-state index contributed by atoms with van der Waals surface area (Å²) in [6, 6.07) is 13.2. The summed E-state index contributed by atoms with van der Waals surface area (Å²) in [5.74, 6) is 1.23. The summed E-state index contributed by atoms with van der Waals surface area (Å²) in [4.78, 5) is 24.9. The molecule has 3 rings (SSSR count). The molecule has 156 valence electrons. The Bertz CT molecular complexity index is 988. The van der Waals surface area contributed by atoms with Crippen LogP contribution in [-0.4, -0.2) is 33.1 Å². The molecular weight excluding hydrogens is 388 g/mol. The van der Waals surface area contributed by atoms with Crippen LogP contribution in [-0.2, 0) is 6.54 Å². The van der Waals surface area contributed by atoms with E-state index in [9.17, 15) is 9.59 Å². The van der Waals surface area contributed by atoms with Crippen molar-refractivity contribution in [1.82, 2.24) is 5.32 Å². The lowest BCUT2D eigenvalue weighted by molar-refractivity contribution is 0.0947. The SMILES string of the molecule is COc1cc(C(=O)Nc2ccc(C(=O)NCc3ccco3)cc2)cc(OC)c1OC. The predicted octanol–water partition coefficient (Wildman–Crippen LogP) is 3.49. The maximum absolute atomic E-state index is 12.6. The van der Waals surface area contributed by atoms with E-state index < -0.39 is 0 Å². The maximum Gasteiger partial charge on any atom is 0.255 e. The first-order valence-electron chi connectivity index (χ1n) is 9.07. The number of hydrogen-bond acceptors (Lipinski definition) is 6. The standard InChI is InChI=1S/C22H22N2O6/c1-27-18-11-15(12-19(28-2)20(18)29-3)22(26)24-16-8-6-14(7-9-16)21(25)23-13-17-5-4-10-30-17/h4-12H,13H2,1-3H3,(H,23,25)(H,24,26). The number of rotatable bonds is 8. The zero-order valence-corrected chi connectivity index (χ0v) is 16.9. The lowest BCUT2D eigenvalue weighted by Gasteiger charge is -2.14. The topological polar surface area (TPSA) is 99.0 Å². The predicted molar refractivity (Wildman–Crippen MR) is 110 cm³/mol. The van der Waals surface area contributed by atoms with E-state index in [0.717, 1.165) is 0 Å². The highest BCUT2D eigenvalue weighted by Gasteiger charge is 2.17. The zero-order chi connectivity index (χ0) is 21.5. The van der Waals surface area contributed by atoms with Gasteiger partial charge in [-0.1, -0.05) is 0 Å². The zero-order valence-electron chi connectivity index (χ0n) is 16.9. The Hall–Kier alpha value is -3.94. The average Bonchev–Trinajstić information content (AvgIpc) is 3.30. The highest BCUT2D eigenvalue weighted by Crippen LogP contribution is 2.38. The summed E-state index contributed by atoms with van der Waals surface area (Å²) in [5, 5.41) is 5.55. The Labute approximate surface area is 173 Å². The van der Waals surface area contributed by atoms with Crippen LogP contribution >= 0.6 is 0 Å². The number of carbonyl (C=O) groups is 2. The molecule has 2 amide bonds. The molecule has 0 bridgehead atoms. The third-order valence-corrected chi connectivity index (χ3v) is 4.34. The molecule has 0 saturated carbocycles. The fourth-order valence-corrected chi connectivity index (χ4v) is 2.80. The molecular formula is C22H22N2O6. The third-order valence-electron chi connectivity index (χ3n) is 4.34. The Morgan fingerprint density at radius 1 is 0.867 bits per heavy atom. The number of nitrogens with one attached hydrogen (secondary N) is 2. The molecule has 0 unspecified atom stereocenters. The van der Waals surface area contributed by atoms with Crippen LogP contribution in [0.15, 0.2) is 59.2 Å². The van der Waals surface area contributed by atoms with E-state index in [1.807, 2.05) is 0 Å². The van der Waals surface area contributed by atoms with Gasteiger partial charge in [-0.05, 0) is 48.5 Å². The number of methoxy groups -OCH3 is 3. The number of carbonyl (C=O) groups excluding carboxylic acids is 2. The molecule has 1 aromatic heterocycles. The molecule has 0 aliphatic carbocycles. The van der Waals surface area contributed by atoms with Gasteiger partial charge in [-0.3, -0.25) is 9.59 Å². The number of hydrogen-bond donors (Lipinski definition) is 2. The Kier molecular flexibility index (Phi) is 6.59. The molecule has 0 fully saturated rings. The first kappa shape index (κ1) is 20.8. The monoisotopic (exact) mass is 410 g/mol. The first-order chi connectivity index (χ1) is 14.5. The summed E-state index contributed by atoms with van der Waals surface area (Å²) in [7, 11) is 4.45. The minimum Gasteiger partial charge on any atom is -0.493 e. The summed E-state index contributed by atoms with van der Waals surface area (Å²) in [6.07, 6.45) is 1.55. The van der Waals surface area contributed by atoms with Gasteiger partial charge >= 0.3 is 0 Å². The van der Waals surface area contributed by atoms with Crippen molar-refractivity contribution in [3.05, 3.63) is 71.7 Å². The summed E-state index contributed by atoms with van der Waals surface area (Å²) in [5.41, 5.74) is 1.34. The maximum atomic E-state index is 12.6. The van der Waals surface area contributed by atoms with Crippen LogP contribution in [0.2, 0.25) is 0 Å². The molecule has 0 spiro atoms. The van der Waals surface area contributed by atoms with E-state index >= 15 is 0 Å². The molecule has 0 saturated heterocycles. The lowest BCUT2D eigenvalue weighted by Crippen LogP contribution is -2.22. The second-order valence-electron chi connectivity index (χ2n) is 6.21. The molecule has 2 aromatic carbocycles. The van der Waals surface area contributed by atoms with Crippen LogP contribution < -0.4 is 24.8 Å². The minimum absolute atomic E-state index is 0.242. The highest BCUT2D eigenvalue weighted by molar-refractivity contribution is 6.05. The van der Waals surface area contributed by atoms with Gasteiger partial charge in [0.1, 0.15) is 5.76 Å². The van der Waals surface area contributed by atoms with E-state index in [1.54, 1.807) is 54.8 Å². The summed E-state index contributed by atoms with van der Waals surface area (Å²) in [6.45, 7) is 0.297. The van der Waals surface area contributed by atoms with Crippen LogP contribution in [0.4, 0.5) is 5.69 Å². The fraction of sp³-hybridized carbons (Fsp3) is 0.182. The van der Waals surface area contributed by atoms with E-state index in [4.69, 9.17) is 18.6 Å². The van der Waals surface area contributed by atoms with Gasteiger partial charge in [0.2, 0.25) is 5.75 Å². The first-order valence-corrected chi connectivity index (χ1v) is 9.07. The van der Waals surface area contributed by atoms with E-state index in [0.29, 0.717) is 46.4 Å². The lowest BCUT2D eigenvalue weighted by atomic mass is 10.1. The van der Waals surface area contributed by atoms with Crippen LogP contribution in [0, 0.1) is 0 Å². The molecule has 2 N–H and O–H groups in total. The summed E-state index contributed by atoms with van der Waals surface area (Å²) >= 11 is 0. The number of benzene rings is 2. The average molecular weight is 410 g/mol. The van der Waals surface area contributed by atoms with Crippen molar-refractivity contribution >= 4 is 17.5 Å².